The Kier molecular flexibility index (Phi) is 6.27. The molecule has 0 atom stereocenters. The van der Waals surface area contributed by atoms with Crippen molar-refractivity contribution >= 4 is 6.09 Å². The molecule has 1 saturated carbocycles. The molecule has 0 bridgehead atoms. The van der Waals surface area contributed by atoms with Crippen LogP contribution in [0.25, 0.3) is 0 Å². The number of ether oxygens (including phenoxy) is 1. The molecule has 5 nitrogen and oxygen atoms in total. The number of likely N-dealkylation sites (N-methyl/N-ethyl adjacent to an activating group) is 1. The van der Waals surface area contributed by atoms with Gasteiger partial charge in [0.1, 0.15) is 5.60 Å². The Morgan fingerprint density at radius 3 is 2.30 bits per heavy atom. The zero-order valence-electron chi connectivity index (χ0n) is 13.7. The first kappa shape index (κ1) is 17.2. The van der Waals surface area contributed by atoms with Crippen molar-refractivity contribution in [3.8, 4) is 0 Å². The quantitative estimate of drug-likeness (QED) is 0.733. The summed E-state index contributed by atoms with van der Waals surface area (Å²) in [4.78, 5) is 13.8. The van der Waals surface area contributed by atoms with Crippen LogP contribution in [0.5, 0.6) is 0 Å². The average molecular weight is 285 g/mol. The number of hydrogen-bond donors (Lipinski definition) is 2. The molecule has 0 aromatic carbocycles. The van der Waals surface area contributed by atoms with Crippen LogP contribution >= 0.6 is 0 Å². The Balaban J connectivity index is 2.17. The van der Waals surface area contributed by atoms with Crippen molar-refractivity contribution < 1.29 is 9.53 Å². The number of hydrogen-bond acceptors (Lipinski definition) is 4. The largest absolute Gasteiger partial charge is 0.444 e. The van der Waals surface area contributed by atoms with Gasteiger partial charge < -0.3 is 20.3 Å². The second kappa shape index (κ2) is 7.27. The van der Waals surface area contributed by atoms with E-state index in [2.05, 4.69) is 29.6 Å². The second-order valence-corrected chi connectivity index (χ2v) is 6.93. The van der Waals surface area contributed by atoms with E-state index in [1.165, 1.54) is 25.7 Å². The molecule has 1 fully saturated rings. The van der Waals surface area contributed by atoms with Crippen LogP contribution in [0.15, 0.2) is 0 Å². The lowest BCUT2D eigenvalue weighted by atomic mass is 9.96. The lowest BCUT2D eigenvalue weighted by Crippen LogP contribution is -2.50. The van der Waals surface area contributed by atoms with Gasteiger partial charge in [-0.3, -0.25) is 0 Å². The van der Waals surface area contributed by atoms with Crippen molar-refractivity contribution in [2.24, 2.45) is 0 Å². The molecular weight excluding hydrogens is 254 g/mol. The van der Waals surface area contributed by atoms with E-state index in [9.17, 15) is 4.79 Å². The molecule has 118 valence electrons. The monoisotopic (exact) mass is 285 g/mol. The third-order valence-corrected chi connectivity index (χ3v) is 3.91. The van der Waals surface area contributed by atoms with Gasteiger partial charge in [-0.15, -0.1) is 0 Å². The second-order valence-electron chi connectivity index (χ2n) is 6.93. The summed E-state index contributed by atoms with van der Waals surface area (Å²) in [6.07, 6.45) is 4.80. The molecule has 1 aliphatic carbocycles. The number of nitrogens with one attached hydrogen (secondary N) is 2. The first-order chi connectivity index (χ1) is 9.25. The van der Waals surface area contributed by atoms with Crippen LogP contribution in [0.1, 0.15) is 46.5 Å². The molecule has 0 aliphatic heterocycles. The van der Waals surface area contributed by atoms with Crippen molar-refractivity contribution in [2.75, 3.05) is 33.7 Å². The van der Waals surface area contributed by atoms with E-state index in [1.54, 1.807) is 0 Å². The van der Waals surface area contributed by atoms with E-state index in [0.29, 0.717) is 12.1 Å². The third-order valence-electron chi connectivity index (χ3n) is 3.91. The SMILES string of the molecule is CN(C)C1(CNCCNC(=O)OC(C)(C)C)CCCC1. The van der Waals surface area contributed by atoms with Gasteiger partial charge in [-0.25, -0.2) is 4.79 Å². The minimum Gasteiger partial charge on any atom is -0.444 e. The Morgan fingerprint density at radius 2 is 1.80 bits per heavy atom. The fourth-order valence-corrected chi connectivity index (χ4v) is 2.70. The molecule has 20 heavy (non-hydrogen) atoms. The molecule has 2 N–H and O–H groups in total. The highest BCUT2D eigenvalue weighted by Gasteiger charge is 2.35. The van der Waals surface area contributed by atoms with Gasteiger partial charge in [0.25, 0.3) is 0 Å². The summed E-state index contributed by atoms with van der Waals surface area (Å²) in [5, 5.41) is 6.22. The maximum absolute atomic E-state index is 11.5. The fraction of sp³-hybridized carbons (Fsp3) is 0.933. The molecule has 1 rings (SSSR count). The fourth-order valence-electron chi connectivity index (χ4n) is 2.70. The number of nitrogens with zero attached hydrogens (tertiary/aromatic N) is 1. The summed E-state index contributed by atoms with van der Waals surface area (Å²) in [7, 11) is 4.32. The van der Waals surface area contributed by atoms with Gasteiger partial charge in [-0.05, 0) is 47.7 Å². The van der Waals surface area contributed by atoms with E-state index >= 15 is 0 Å². The average Bonchev–Trinajstić information content (AvgIpc) is 2.76. The van der Waals surface area contributed by atoms with Crippen LogP contribution < -0.4 is 10.6 Å². The Morgan fingerprint density at radius 1 is 1.20 bits per heavy atom. The summed E-state index contributed by atoms with van der Waals surface area (Å²) in [5.41, 5.74) is -0.137. The summed E-state index contributed by atoms with van der Waals surface area (Å²) in [6.45, 7) is 7.95. The van der Waals surface area contributed by atoms with Crippen LogP contribution in [0, 0.1) is 0 Å². The number of alkyl carbamates (subject to hydrolysis) is 1. The zero-order valence-corrected chi connectivity index (χ0v) is 13.7. The highest BCUT2D eigenvalue weighted by Crippen LogP contribution is 2.32. The lowest BCUT2D eigenvalue weighted by molar-refractivity contribution is 0.0527. The smallest absolute Gasteiger partial charge is 0.407 e. The molecule has 0 spiro atoms. The van der Waals surface area contributed by atoms with Crippen LogP contribution in [0.2, 0.25) is 0 Å². The zero-order chi connectivity index (χ0) is 15.2. The van der Waals surface area contributed by atoms with Crippen molar-refractivity contribution in [1.82, 2.24) is 15.5 Å². The minimum absolute atomic E-state index is 0.298. The van der Waals surface area contributed by atoms with Gasteiger partial charge in [-0.2, -0.15) is 0 Å². The maximum atomic E-state index is 11.5. The Labute approximate surface area is 123 Å². The summed E-state index contributed by atoms with van der Waals surface area (Å²) >= 11 is 0. The summed E-state index contributed by atoms with van der Waals surface area (Å²) < 4.78 is 5.19. The number of amides is 1. The predicted molar refractivity (Wildman–Crippen MR) is 82.0 cm³/mol. The molecule has 5 heteroatoms. The standard InChI is InChI=1S/C15H31N3O2/c1-14(2,3)20-13(19)17-11-10-16-12-15(18(4)5)8-6-7-9-15/h16H,6-12H2,1-5H3,(H,17,19). The van der Waals surface area contributed by atoms with Crippen molar-refractivity contribution in [3.05, 3.63) is 0 Å². The molecule has 1 amide bonds. The van der Waals surface area contributed by atoms with E-state index in [1.807, 2.05) is 20.8 Å². The topological polar surface area (TPSA) is 53.6 Å². The van der Waals surface area contributed by atoms with Gasteiger partial charge in [0.15, 0.2) is 0 Å². The lowest BCUT2D eigenvalue weighted by Gasteiger charge is -2.36. The molecule has 0 radical (unpaired) electrons. The minimum atomic E-state index is -0.434. The Bertz CT molecular complexity index is 305. The number of carbonyl (C=O) groups is 1. The molecule has 0 aromatic rings. The number of carbonyl (C=O) groups excluding carboxylic acids is 1. The molecule has 0 unspecified atom stereocenters. The summed E-state index contributed by atoms with van der Waals surface area (Å²) in [5.74, 6) is 0. The van der Waals surface area contributed by atoms with E-state index < -0.39 is 5.60 Å². The molecule has 1 aliphatic rings. The van der Waals surface area contributed by atoms with Crippen LogP contribution in [-0.2, 0) is 4.74 Å². The predicted octanol–water partition coefficient (Wildman–Crippen LogP) is 1.98. The molecule has 0 aromatic heterocycles. The highest BCUT2D eigenvalue weighted by atomic mass is 16.6. The molecular formula is C15H31N3O2. The van der Waals surface area contributed by atoms with Gasteiger partial charge >= 0.3 is 6.09 Å². The van der Waals surface area contributed by atoms with Crippen LogP contribution in [0.3, 0.4) is 0 Å². The van der Waals surface area contributed by atoms with Crippen molar-refractivity contribution in [2.45, 2.75) is 57.6 Å². The van der Waals surface area contributed by atoms with E-state index in [-0.39, 0.29) is 6.09 Å². The Hall–Kier alpha value is -0.810. The van der Waals surface area contributed by atoms with E-state index in [4.69, 9.17) is 4.74 Å². The van der Waals surface area contributed by atoms with Gasteiger partial charge in [-0.1, -0.05) is 12.8 Å². The van der Waals surface area contributed by atoms with E-state index in [0.717, 1.165) is 13.1 Å². The van der Waals surface area contributed by atoms with Gasteiger partial charge in [0, 0.05) is 25.2 Å². The van der Waals surface area contributed by atoms with Gasteiger partial charge in [0.2, 0.25) is 0 Å². The third kappa shape index (κ3) is 5.67. The number of rotatable bonds is 6. The first-order valence-electron chi connectivity index (χ1n) is 7.60. The maximum Gasteiger partial charge on any atom is 0.407 e. The van der Waals surface area contributed by atoms with Crippen molar-refractivity contribution in [3.63, 3.8) is 0 Å². The van der Waals surface area contributed by atoms with Crippen LogP contribution in [-0.4, -0.2) is 55.9 Å². The molecule has 0 heterocycles. The van der Waals surface area contributed by atoms with Gasteiger partial charge in [0.05, 0.1) is 0 Å². The first-order valence-corrected chi connectivity index (χ1v) is 7.60. The van der Waals surface area contributed by atoms with Crippen LogP contribution in [0.4, 0.5) is 4.79 Å². The molecule has 0 saturated heterocycles. The van der Waals surface area contributed by atoms with Crippen molar-refractivity contribution in [1.29, 1.82) is 0 Å². The highest BCUT2D eigenvalue weighted by molar-refractivity contribution is 5.67. The normalized spacial score (nSPS) is 18.3. The summed E-state index contributed by atoms with van der Waals surface area (Å²) in [6, 6.07) is 0.